The van der Waals surface area contributed by atoms with Gasteiger partial charge in [0, 0.05) is 0 Å². The van der Waals surface area contributed by atoms with Gasteiger partial charge in [-0.15, -0.1) is 16.7 Å². The van der Waals surface area contributed by atoms with E-state index in [-0.39, 0.29) is 0 Å². The number of ether oxygens (including phenoxy) is 1. The van der Waals surface area contributed by atoms with Crippen molar-refractivity contribution in [3.05, 3.63) is 6.20 Å². The zero-order chi connectivity index (χ0) is 7.23. The van der Waals surface area contributed by atoms with Crippen LogP contribution in [0.5, 0.6) is 5.88 Å². The van der Waals surface area contributed by atoms with E-state index in [2.05, 4.69) is 20.6 Å². The van der Waals surface area contributed by atoms with Crippen molar-refractivity contribution in [2.75, 3.05) is 12.5 Å². The van der Waals surface area contributed by atoms with Gasteiger partial charge in [-0.05, 0) is 10.4 Å². The first-order valence-electron chi connectivity index (χ1n) is 2.63. The van der Waals surface area contributed by atoms with Gasteiger partial charge in [0.25, 0.3) is 5.88 Å². The van der Waals surface area contributed by atoms with Crippen LogP contribution in [0.3, 0.4) is 0 Å². The van der Waals surface area contributed by atoms with E-state index in [0.29, 0.717) is 18.4 Å². The van der Waals surface area contributed by atoms with Gasteiger partial charge < -0.3 is 4.74 Å². The molecule has 1 rings (SSSR count). The molecule has 0 unspecified atom stereocenters. The van der Waals surface area contributed by atoms with Gasteiger partial charge in [0.2, 0.25) is 0 Å². The molecular weight excluding hydrogens is 156 g/mol. The highest BCUT2D eigenvalue weighted by molar-refractivity contribution is 6.17. The zero-order valence-corrected chi connectivity index (χ0v) is 5.82. The third-order valence-electron chi connectivity index (χ3n) is 0.730. The Labute approximate surface area is 62.4 Å². The highest BCUT2D eigenvalue weighted by atomic mass is 35.5. The minimum absolute atomic E-state index is 0.343. The van der Waals surface area contributed by atoms with Crippen LogP contribution in [0.4, 0.5) is 0 Å². The number of alkyl halides is 1. The predicted octanol–water partition coefficient (Wildman–Crippen LogP) is -0.116. The molecule has 0 aliphatic carbocycles. The fourth-order valence-electron chi connectivity index (χ4n) is 0.397. The molecule has 1 aromatic heterocycles. The molecule has 0 saturated carbocycles. The maximum Gasteiger partial charge on any atom is 0.255 e. The maximum absolute atomic E-state index is 5.34. The average Bonchev–Trinajstić information content (AvgIpc) is 2.03. The van der Waals surface area contributed by atoms with Crippen LogP contribution in [0.1, 0.15) is 0 Å². The van der Waals surface area contributed by atoms with Gasteiger partial charge in [-0.1, -0.05) is 5.10 Å². The summed E-state index contributed by atoms with van der Waals surface area (Å²) in [5.41, 5.74) is 0. The van der Waals surface area contributed by atoms with Gasteiger partial charge in [0.05, 0.1) is 5.88 Å². The fraction of sp³-hybridized carbons (Fsp3) is 0.500. The number of halogens is 1. The number of rotatable bonds is 3. The maximum atomic E-state index is 5.34. The Morgan fingerprint density at radius 1 is 1.50 bits per heavy atom. The van der Waals surface area contributed by atoms with E-state index in [4.69, 9.17) is 16.3 Å². The minimum Gasteiger partial charge on any atom is -0.474 e. The second kappa shape index (κ2) is 3.94. The van der Waals surface area contributed by atoms with Crippen LogP contribution in [-0.4, -0.2) is 33.1 Å². The van der Waals surface area contributed by atoms with Crippen LogP contribution in [0, 0.1) is 0 Å². The lowest BCUT2D eigenvalue weighted by Crippen LogP contribution is -2.02. The third-order valence-corrected chi connectivity index (χ3v) is 0.884. The topological polar surface area (TPSA) is 60.8 Å². The standard InChI is InChI=1S/C4H5ClN4O/c5-1-2-10-4-3-6-8-9-7-4/h3H,1-2H2. The van der Waals surface area contributed by atoms with Crippen LogP contribution in [0.25, 0.3) is 0 Å². The Kier molecular flexibility index (Phi) is 2.82. The number of nitrogens with zero attached hydrogens (tertiary/aromatic N) is 4. The largest absolute Gasteiger partial charge is 0.474 e. The molecule has 0 radical (unpaired) electrons. The van der Waals surface area contributed by atoms with Gasteiger partial charge in [-0.3, -0.25) is 0 Å². The van der Waals surface area contributed by atoms with Crippen molar-refractivity contribution in [3.8, 4) is 5.88 Å². The molecule has 0 atom stereocenters. The molecule has 0 aliphatic heterocycles. The van der Waals surface area contributed by atoms with Crippen molar-refractivity contribution >= 4 is 11.6 Å². The number of aromatic nitrogens is 4. The highest BCUT2D eigenvalue weighted by Gasteiger charge is 1.92. The van der Waals surface area contributed by atoms with Crippen molar-refractivity contribution in [3.63, 3.8) is 0 Å². The van der Waals surface area contributed by atoms with Gasteiger partial charge >= 0.3 is 0 Å². The van der Waals surface area contributed by atoms with E-state index in [1.807, 2.05) is 0 Å². The van der Waals surface area contributed by atoms with Crippen LogP contribution < -0.4 is 4.74 Å². The Morgan fingerprint density at radius 2 is 2.40 bits per heavy atom. The number of hydrogen-bond donors (Lipinski definition) is 0. The smallest absolute Gasteiger partial charge is 0.255 e. The molecule has 0 fully saturated rings. The first kappa shape index (κ1) is 7.14. The Balaban J connectivity index is 2.43. The predicted molar refractivity (Wildman–Crippen MR) is 33.8 cm³/mol. The Hall–Kier alpha value is -0.970. The zero-order valence-electron chi connectivity index (χ0n) is 5.07. The van der Waals surface area contributed by atoms with Gasteiger partial charge in [0.15, 0.2) is 0 Å². The molecule has 0 amide bonds. The molecule has 0 saturated heterocycles. The quantitative estimate of drug-likeness (QED) is 0.578. The highest BCUT2D eigenvalue weighted by Crippen LogP contribution is 1.97. The molecule has 6 heteroatoms. The van der Waals surface area contributed by atoms with Gasteiger partial charge in [-0.2, -0.15) is 0 Å². The van der Waals surface area contributed by atoms with Crippen LogP contribution in [-0.2, 0) is 0 Å². The van der Waals surface area contributed by atoms with Gasteiger partial charge in [-0.25, -0.2) is 0 Å². The van der Waals surface area contributed by atoms with E-state index < -0.39 is 0 Å². The van der Waals surface area contributed by atoms with Crippen LogP contribution >= 0.6 is 11.6 Å². The van der Waals surface area contributed by atoms with E-state index in [0.717, 1.165) is 0 Å². The lowest BCUT2D eigenvalue weighted by molar-refractivity contribution is 0.319. The normalized spacial score (nSPS) is 9.30. The summed E-state index contributed by atoms with van der Waals surface area (Å²) in [6.07, 6.45) is 1.37. The monoisotopic (exact) mass is 160 g/mol. The molecule has 5 nitrogen and oxygen atoms in total. The molecule has 0 N–H and O–H groups in total. The summed E-state index contributed by atoms with van der Waals surface area (Å²) < 4.78 is 4.95. The van der Waals surface area contributed by atoms with Crippen molar-refractivity contribution in [2.45, 2.75) is 0 Å². The fourth-order valence-corrected chi connectivity index (χ4v) is 0.475. The summed E-state index contributed by atoms with van der Waals surface area (Å²) in [4.78, 5) is 0. The summed E-state index contributed by atoms with van der Waals surface area (Å²) in [6, 6.07) is 0. The van der Waals surface area contributed by atoms with Crippen molar-refractivity contribution in [1.82, 2.24) is 20.6 Å². The van der Waals surface area contributed by atoms with Crippen molar-refractivity contribution in [2.24, 2.45) is 0 Å². The van der Waals surface area contributed by atoms with Crippen molar-refractivity contribution < 1.29 is 4.74 Å². The van der Waals surface area contributed by atoms with Gasteiger partial charge in [0.1, 0.15) is 12.8 Å². The first-order valence-corrected chi connectivity index (χ1v) is 3.17. The summed E-state index contributed by atoms with van der Waals surface area (Å²) >= 11 is 5.34. The van der Waals surface area contributed by atoms with Crippen LogP contribution in [0.15, 0.2) is 6.20 Å². The molecule has 0 spiro atoms. The van der Waals surface area contributed by atoms with Crippen molar-refractivity contribution in [1.29, 1.82) is 0 Å². The molecule has 1 heterocycles. The van der Waals surface area contributed by atoms with Crippen LogP contribution in [0.2, 0.25) is 0 Å². The average molecular weight is 161 g/mol. The summed E-state index contributed by atoms with van der Waals surface area (Å²) in [5, 5.41) is 13.4. The second-order valence-electron chi connectivity index (χ2n) is 1.40. The Morgan fingerprint density at radius 3 is 3.00 bits per heavy atom. The molecule has 0 aliphatic rings. The van der Waals surface area contributed by atoms with E-state index >= 15 is 0 Å². The lowest BCUT2D eigenvalue weighted by atomic mass is 10.8. The third kappa shape index (κ3) is 2.10. The van der Waals surface area contributed by atoms with E-state index in [1.54, 1.807) is 0 Å². The molecule has 1 aromatic rings. The van der Waals surface area contributed by atoms with E-state index in [1.165, 1.54) is 6.20 Å². The SMILES string of the molecule is ClCCOc1cnnnn1. The molecule has 54 valence electrons. The summed E-state index contributed by atoms with van der Waals surface area (Å²) in [6.45, 7) is 0.405. The number of hydrogen-bond acceptors (Lipinski definition) is 5. The molecule has 10 heavy (non-hydrogen) atoms. The minimum atomic E-state index is 0.343. The molecule has 0 aromatic carbocycles. The molecular formula is C4H5ClN4O. The lowest BCUT2D eigenvalue weighted by Gasteiger charge is -1.97. The first-order chi connectivity index (χ1) is 4.93. The molecule has 0 bridgehead atoms. The summed E-state index contributed by atoms with van der Waals surface area (Å²) in [5.74, 6) is 0.764. The van der Waals surface area contributed by atoms with E-state index in [9.17, 15) is 0 Å². The Bertz CT molecular complexity index is 182. The second-order valence-corrected chi connectivity index (χ2v) is 1.78. The summed E-state index contributed by atoms with van der Waals surface area (Å²) in [7, 11) is 0.